The minimum absolute atomic E-state index is 0.121. The standard InChI is InChI=1S/C10H15NO4S2/c1-3-5-14-9(12)8(7-16)11-17-10(13)15-6-4-2/h3-4,8,11,16H,1-2,5-7H2/t8-/m1/s1. The largest absolute Gasteiger partial charge is 0.460 e. The number of esters is 1. The van der Waals surface area contributed by atoms with E-state index in [1.54, 1.807) is 0 Å². The van der Waals surface area contributed by atoms with E-state index in [0.717, 1.165) is 0 Å². The van der Waals surface area contributed by atoms with Gasteiger partial charge in [0.2, 0.25) is 0 Å². The normalized spacial score (nSPS) is 11.4. The van der Waals surface area contributed by atoms with Gasteiger partial charge in [0, 0.05) is 17.7 Å². The lowest BCUT2D eigenvalue weighted by molar-refractivity contribution is -0.143. The van der Waals surface area contributed by atoms with Crippen LogP contribution in [0.1, 0.15) is 0 Å². The van der Waals surface area contributed by atoms with E-state index in [4.69, 9.17) is 9.47 Å². The summed E-state index contributed by atoms with van der Waals surface area (Å²) >= 11 is 4.66. The lowest BCUT2D eigenvalue weighted by Crippen LogP contribution is -2.36. The van der Waals surface area contributed by atoms with Gasteiger partial charge >= 0.3 is 11.3 Å². The number of hydrogen-bond donors (Lipinski definition) is 2. The number of carbonyl (C=O) groups is 2. The first-order valence-corrected chi connectivity index (χ1v) is 6.19. The van der Waals surface area contributed by atoms with Crippen LogP contribution in [0.3, 0.4) is 0 Å². The average molecular weight is 277 g/mol. The van der Waals surface area contributed by atoms with Crippen molar-refractivity contribution in [3.63, 3.8) is 0 Å². The molecular weight excluding hydrogens is 262 g/mol. The molecule has 0 rings (SSSR count). The molecule has 0 aliphatic heterocycles. The summed E-state index contributed by atoms with van der Waals surface area (Å²) in [6, 6.07) is -0.681. The highest BCUT2D eigenvalue weighted by Gasteiger charge is 2.19. The maximum Gasteiger partial charge on any atom is 0.382 e. The fourth-order valence-electron chi connectivity index (χ4n) is 0.677. The number of carbonyl (C=O) groups excluding carboxylic acids is 2. The number of hydrogen-bond acceptors (Lipinski definition) is 7. The molecule has 0 bridgehead atoms. The Hall–Kier alpha value is -0.920. The van der Waals surface area contributed by atoms with Gasteiger partial charge in [0.15, 0.2) is 0 Å². The highest BCUT2D eigenvalue weighted by atomic mass is 32.2. The maximum atomic E-state index is 11.4. The van der Waals surface area contributed by atoms with E-state index in [9.17, 15) is 9.59 Å². The summed E-state index contributed by atoms with van der Waals surface area (Å²) < 4.78 is 12.1. The molecule has 7 heteroatoms. The van der Waals surface area contributed by atoms with E-state index in [0.29, 0.717) is 11.9 Å². The number of thiol groups is 1. The molecule has 0 unspecified atom stereocenters. The molecule has 1 N–H and O–H groups in total. The van der Waals surface area contributed by atoms with Crippen LogP contribution in [0.4, 0.5) is 4.79 Å². The molecule has 0 aromatic carbocycles. The molecule has 0 aromatic rings. The molecule has 0 saturated heterocycles. The van der Waals surface area contributed by atoms with Crippen LogP contribution in [-0.2, 0) is 14.3 Å². The molecule has 0 spiro atoms. The summed E-state index contributed by atoms with van der Waals surface area (Å²) in [6.07, 6.45) is 2.91. The topological polar surface area (TPSA) is 64.6 Å². The molecule has 0 aliphatic carbocycles. The summed E-state index contributed by atoms with van der Waals surface area (Å²) in [5.74, 6) is -0.290. The van der Waals surface area contributed by atoms with E-state index in [-0.39, 0.29) is 19.0 Å². The average Bonchev–Trinajstić information content (AvgIpc) is 2.34. The zero-order valence-corrected chi connectivity index (χ0v) is 11.0. The van der Waals surface area contributed by atoms with Crippen molar-refractivity contribution < 1.29 is 19.1 Å². The fraction of sp³-hybridized carbons (Fsp3) is 0.400. The second-order valence-electron chi connectivity index (χ2n) is 2.72. The SMILES string of the molecule is C=CCOC(=O)SN[C@H](CS)C(=O)OCC=C. The Morgan fingerprint density at radius 3 is 2.41 bits per heavy atom. The molecule has 0 heterocycles. The number of nitrogens with one attached hydrogen (secondary N) is 1. The lowest BCUT2D eigenvalue weighted by atomic mass is 10.4. The number of rotatable bonds is 8. The number of ether oxygens (including phenoxy) is 2. The summed E-state index contributed by atoms with van der Waals surface area (Å²) in [4.78, 5) is 22.5. The summed E-state index contributed by atoms with van der Waals surface area (Å²) in [7, 11) is 0. The molecule has 0 amide bonds. The Morgan fingerprint density at radius 1 is 1.29 bits per heavy atom. The van der Waals surface area contributed by atoms with E-state index in [2.05, 4.69) is 30.5 Å². The highest BCUT2D eigenvalue weighted by molar-refractivity contribution is 8.11. The first-order chi connectivity index (χ1) is 8.15. The minimum atomic E-state index is -0.681. The Morgan fingerprint density at radius 2 is 1.88 bits per heavy atom. The predicted molar refractivity (Wildman–Crippen MR) is 71.1 cm³/mol. The lowest BCUT2D eigenvalue weighted by Gasteiger charge is -2.13. The molecule has 0 aliphatic rings. The third-order valence-corrected chi connectivity index (χ3v) is 2.47. The van der Waals surface area contributed by atoms with Gasteiger partial charge in [0.25, 0.3) is 0 Å². The van der Waals surface area contributed by atoms with Crippen molar-refractivity contribution in [3.05, 3.63) is 25.3 Å². The third-order valence-electron chi connectivity index (χ3n) is 1.41. The van der Waals surface area contributed by atoms with Gasteiger partial charge in [-0.2, -0.15) is 12.6 Å². The fourth-order valence-corrected chi connectivity index (χ4v) is 1.59. The molecule has 17 heavy (non-hydrogen) atoms. The van der Waals surface area contributed by atoms with Crippen molar-refractivity contribution in [1.82, 2.24) is 4.72 Å². The van der Waals surface area contributed by atoms with Crippen molar-refractivity contribution in [3.8, 4) is 0 Å². The van der Waals surface area contributed by atoms with Crippen LogP contribution >= 0.6 is 24.6 Å². The Balaban J connectivity index is 3.95. The van der Waals surface area contributed by atoms with Crippen molar-refractivity contribution in [2.75, 3.05) is 19.0 Å². The van der Waals surface area contributed by atoms with Crippen LogP contribution in [0.25, 0.3) is 0 Å². The van der Waals surface area contributed by atoms with Gasteiger partial charge in [0.1, 0.15) is 19.3 Å². The highest BCUT2D eigenvalue weighted by Crippen LogP contribution is 2.04. The van der Waals surface area contributed by atoms with E-state index < -0.39 is 17.3 Å². The minimum Gasteiger partial charge on any atom is -0.460 e. The van der Waals surface area contributed by atoms with Crippen LogP contribution < -0.4 is 4.72 Å². The van der Waals surface area contributed by atoms with Gasteiger partial charge < -0.3 is 9.47 Å². The van der Waals surface area contributed by atoms with Gasteiger partial charge in [-0.05, 0) is 0 Å². The first kappa shape index (κ1) is 16.1. The third kappa shape index (κ3) is 7.89. The van der Waals surface area contributed by atoms with Gasteiger partial charge in [-0.15, -0.1) is 0 Å². The van der Waals surface area contributed by atoms with Gasteiger partial charge in [-0.1, -0.05) is 25.3 Å². The first-order valence-electron chi connectivity index (χ1n) is 4.74. The van der Waals surface area contributed by atoms with Crippen molar-refractivity contribution in [2.24, 2.45) is 0 Å². The van der Waals surface area contributed by atoms with Crippen LogP contribution in [0.5, 0.6) is 0 Å². The molecule has 0 fully saturated rings. The Bertz CT molecular complexity index is 283. The quantitative estimate of drug-likeness (QED) is 0.304. The Kier molecular flexibility index (Phi) is 9.69. The molecule has 0 radical (unpaired) electrons. The van der Waals surface area contributed by atoms with Gasteiger partial charge in [-0.3, -0.25) is 4.79 Å². The van der Waals surface area contributed by atoms with Crippen molar-refractivity contribution in [2.45, 2.75) is 6.04 Å². The van der Waals surface area contributed by atoms with Crippen LogP contribution in [-0.4, -0.2) is 36.3 Å². The molecule has 0 saturated carbocycles. The summed E-state index contributed by atoms with van der Waals surface area (Å²) in [5.41, 5.74) is 0. The zero-order valence-electron chi connectivity index (χ0n) is 9.26. The second-order valence-corrected chi connectivity index (χ2v) is 3.86. The zero-order chi connectivity index (χ0) is 13.1. The van der Waals surface area contributed by atoms with Gasteiger partial charge in [0.05, 0.1) is 0 Å². The monoisotopic (exact) mass is 277 g/mol. The molecular formula is C10H15NO4S2. The summed E-state index contributed by atoms with van der Waals surface area (Å²) in [5, 5.41) is -0.548. The van der Waals surface area contributed by atoms with Crippen LogP contribution in [0.15, 0.2) is 25.3 Å². The molecule has 1 atom stereocenters. The predicted octanol–water partition coefficient (Wildman–Crippen LogP) is 1.57. The molecule has 96 valence electrons. The second kappa shape index (κ2) is 10.2. The smallest absolute Gasteiger partial charge is 0.382 e. The van der Waals surface area contributed by atoms with Crippen LogP contribution in [0.2, 0.25) is 0 Å². The summed E-state index contributed by atoms with van der Waals surface area (Å²) in [6.45, 7) is 7.07. The van der Waals surface area contributed by atoms with Crippen molar-refractivity contribution in [1.29, 1.82) is 0 Å². The van der Waals surface area contributed by atoms with E-state index in [1.807, 2.05) is 0 Å². The maximum absolute atomic E-state index is 11.4. The molecule has 5 nitrogen and oxygen atoms in total. The van der Waals surface area contributed by atoms with Crippen LogP contribution in [0, 0.1) is 0 Å². The van der Waals surface area contributed by atoms with Gasteiger partial charge in [-0.25, -0.2) is 9.52 Å². The van der Waals surface area contributed by atoms with Crippen molar-refractivity contribution >= 4 is 35.8 Å². The Labute approximate surface area is 110 Å². The van der Waals surface area contributed by atoms with E-state index >= 15 is 0 Å². The molecule has 0 aromatic heterocycles. The van der Waals surface area contributed by atoms with E-state index in [1.165, 1.54) is 12.2 Å².